The van der Waals surface area contributed by atoms with Crippen molar-refractivity contribution in [2.45, 2.75) is 13.6 Å². The molecule has 0 heterocycles. The number of carbonyl (C=O) groups is 2. The smallest absolute Gasteiger partial charge is 0.411 e. The van der Waals surface area contributed by atoms with E-state index in [4.69, 9.17) is 34.8 Å². The first-order chi connectivity index (χ1) is 14.0. The second-order valence-electron chi connectivity index (χ2n) is 5.49. The fraction of sp³-hybridized carbons (Fsp3) is 0.176. The topological polar surface area (TPSA) is 108 Å². The molecule has 0 unspecified atom stereocenters. The number of nitrogens with one attached hydrogen (secondary N) is 1. The Labute approximate surface area is 188 Å². The van der Waals surface area contributed by atoms with Crippen LogP contribution in [0.4, 0.5) is 20.6 Å². The summed E-state index contributed by atoms with van der Waals surface area (Å²) in [7, 11) is 1.16. The van der Waals surface area contributed by atoms with Gasteiger partial charge in [0.15, 0.2) is 0 Å². The number of amides is 1. The number of nitrogens with zero attached hydrogens (tertiary/aromatic N) is 1. The van der Waals surface area contributed by atoms with Gasteiger partial charge in [-0.25, -0.2) is 14.0 Å². The quantitative estimate of drug-likeness (QED) is 0.240. The van der Waals surface area contributed by atoms with E-state index >= 15 is 0 Å². The van der Waals surface area contributed by atoms with E-state index in [1.165, 1.54) is 24.3 Å². The molecule has 0 radical (unpaired) electrons. The van der Waals surface area contributed by atoms with Gasteiger partial charge in [-0.2, -0.15) is 0 Å². The van der Waals surface area contributed by atoms with Gasteiger partial charge in [0.25, 0.3) is 5.69 Å². The van der Waals surface area contributed by atoms with E-state index in [0.717, 1.165) is 31.0 Å². The van der Waals surface area contributed by atoms with Gasteiger partial charge >= 0.3 is 12.1 Å². The van der Waals surface area contributed by atoms with Crippen LogP contribution in [-0.4, -0.2) is 34.5 Å². The van der Waals surface area contributed by atoms with Gasteiger partial charge < -0.3 is 9.47 Å². The Morgan fingerprint density at radius 3 is 2.50 bits per heavy atom. The number of anilines is 1. The molecule has 2 rings (SSSR count). The van der Waals surface area contributed by atoms with Gasteiger partial charge in [0.05, 0.1) is 28.2 Å². The van der Waals surface area contributed by atoms with Crippen LogP contribution in [0.25, 0.3) is 0 Å². The van der Waals surface area contributed by atoms with Crippen molar-refractivity contribution in [1.29, 1.82) is 0 Å². The minimum absolute atomic E-state index is 0.00708. The molecule has 0 saturated heterocycles. The number of nitro benzene ring substituents is 1. The zero-order valence-corrected chi connectivity index (χ0v) is 18.1. The number of methoxy groups -OCH3 is 1. The molecule has 0 fully saturated rings. The largest absolute Gasteiger partial charge is 0.465 e. The van der Waals surface area contributed by atoms with E-state index in [9.17, 15) is 24.1 Å². The fourth-order valence-corrected chi connectivity index (χ4v) is 3.16. The summed E-state index contributed by atoms with van der Waals surface area (Å²) in [6, 6.07) is 7.51. The summed E-state index contributed by atoms with van der Waals surface area (Å²) in [5.41, 5.74) is -0.544. The van der Waals surface area contributed by atoms with Crippen molar-refractivity contribution in [2.24, 2.45) is 0 Å². The molecule has 13 heteroatoms. The first kappa shape index (κ1) is 24.0. The molecular weight excluding hydrogens is 486 g/mol. The van der Waals surface area contributed by atoms with E-state index in [0.29, 0.717) is 4.90 Å². The molecule has 1 N–H and O–H groups in total. The highest BCUT2D eigenvalue weighted by atomic mass is 35.6. The van der Waals surface area contributed by atoms with Crippen molar-refractivity contribution in [3.63, 3.8) is 0 Å². The summed E-state index contributed by atoms with van der Waals surface area (Å²) < 4.78 is 21.7. The molecule has 0 atom stereocenters. The molecule has 160 valence electrons. The Kier molecular flexibility index (Phi) is 8.13. The van der Waals surface area contributed by atoms with Gasteiger partial charge in [-0.3, -0.25) is 15.4 Å². The van der Waals surface area contributed by atoms with Crippen LogP contribution in [0.1, 0.15) is 10.4 Å². The van der Waals surface area contributed by atoms with Gasteiger partial charge in [0.1, 0.15) is 12.4 Å². The highest BCUT2D eigenvalue weighted by molar-refractivity contribution is 7.99. The summed E-state index contributed by atoms with van der Waals surface area (Å²) in [5, 5.41) is 13.5. The standard InChI is InChI=1S/C17H12Cl3FN2O6S/c1-28-15(24)9-2-5-14(13(6-9)23(26)27)30-10-3-4-12(11(21)7-10)22-16(25)29-8-17(18,19)20/h2-7H,8H2,1H3,(H,22,25). The predicted molar refractivity (Wildman–Crippen MR) is 110 cm³/mol. The monoisotopic (exact) mass is 496 g/mol. The molecule has 0 aliphatic rings. The first-order valence-corrected chi connectivity index (χ1v) is 9.80. The van der Waals surface area contributed by atoms with Crippen molar-refractivity contribution in [1.82, 2.24) is 0 Å². The third kappa shape index (κ3) is 6.91. The molecule has 0 aliphatic carbocycles. The molecule has 30 heavy (non-hydrogen) atoms. The molecule has 2 aromatic rings. The lowest BCUT2D eigenvalue weighted by atomic mass is 10.2. The number of carbonyl (C=O) groups excluding carboxylic acids is 2. The van der Waals surface area contributed by atoms with Crippen LogP contribution < -0.4 is 5.32 Å². The summed E-state index contributed by atoms with van der Waals surface area (Å²) in [4.78, 5) is 34.3. The molecule has 0 bridgehead atoms. The number of ether oxygens (including phenoxy) is 2. The van der Waals surface area contributed by atoms with Crippen molar-refractivity contribution < 1.29 is 28.4 Å². The van der Waals surface area contributed by atoms with E-state index in [1.807, 2.05) is 0 Å². The zero-order valence-electron chi connectivity index (χ0n) is 15.0. The van der Waals surface area contributed by atoms with Crippen LogP contribution in [0.15, 0.2) is 46.2 Å². The Balaban J connectivity index is 2.17. The van der Waals surface area contributed by atoms with Crippen LogP contribution in [-0.2, 0) is 9.47 Å². The number of halogens is 4. The number of benzene rings is 2. The predicted octanol–water partition coefficient (Wildman–Crippen LogP) is 5.59. The van der Waals surface area contributed by atoms with Crippen LogP contribution in [0, 0.1) is 15.9 Å². The Hall–Kier alpha value is -2.27. The summed E-state index contributed by atoms with van der Waals surface area (Å²) in [6.45, 7) is -0.537. The molecular formula is C17H12Cl3FN2O6S. The third-order valence-corrected chi connectivity index (χ3v) is 4.73. The molecule has 2 aromatic carbocycles. The average Bonchev–Trinajstić information content (AvgIpc) is 2.67. The maximum atomic E-state index is 14.3. The number of nitro groups is 1. The van der Waals surface area contributed by atoms with Crippen molar-refractivity contribution >= 4 is 70.0 Å². The third-order valence-electron chi connectivity index (χ3n) is 3.35. The summed E-state index contributed by atoms with van der Waals surface area (Å²) >= 11 is 17.3. The van der Waals surface area contributed by atoms with Crippen LogP contribution in [0.3, 0.4) is 0 Å². The van der Waals surface area contributed by atoms with Crippen molar-refractivity contribution in [3.8, 4) is 0 Å². The molecule has 1 amide bonds. The summed E-state index contributed by atoms with van der Waals surface area (Å²) in [5.74, 6) is -1.54. The van der Waals surface area contributed by atoms with E-state index in [-0.39, 0.29) is 21.8 Å². The minimum Gasteiger partial charge on any atom is -0.465 e. The second-order valence-corrected chi connectivity index (χ2v) is 9.12. The second kappa shape index (κ2) is 10.2. The number of alkyl halides is 3. The zero-order chi connectivity index (χ0) is 22.5. The average molecular weight is 498 g/mol. The van der Waals surface area contributed by atoms with Crippen molar-refractivity contribution in [2.75, 3.05) is 19.0 Å². The lowest BCUT2D eigenvalue weighted by Gasteiger charge is -2.12. The Morgan fingerprint density at radius 1 is 1.23 bits per heavy atom. The lowest BCUT2D eigenvalue weighted by molar-refractivity contribution is -0.387. The molecule has 0 saturated carbocycles. The first-order valence-electron chi connectivity index (χ1n) is 7.85. The van der Waals surface area contributed by atoms with Gasteiger partial charge in [0, 0.05) is 11.0 Å². The Morgan fingerprint density at radius 2 is 1.93 bits per heavy atom. The SMILES string of the molecule is COC(=O)c1ccc(Sc2ccc(NC(=O)OCC(Cl)(Cl)Cl)c(F)c2)c([N+](=O)[O-])c1. The maximum absolute atomic E-state index is 14.3. The number of hydrogen-bond acceptors (Lipinski definition) is 7. The lowest BCUT2D eigenvalue weighted by Crippen LogP contribution is -2.21. The number of esters is 1. The highest BCUT2D eigenvalue weighted by Gasteiger charge is 2.23. The molecule has 0 spiro atoms. The number of hydrogen-bond donors (Lipinski definition) is 1. The normalized spacial score (nSPS) is 11.0. The number of rotatable bonds is 6. The van der Waals surface area contributed by atoms with Gasteiger partial charge in [0.2, 0.25) is 3.79 Å². The molecule has 0 aromatic heterocycles. The minimum atomic E-state index is -1.81. The van der Waals surface area contributed by atoms with E-state index in [1.54, 1.807) is 0 Å². The fourth-order valence-electron chi connectivity index (χ4n) is 2.07. The van der Waals surface area contributed by atoms with Gasteiger partial charge in [-0.1, -0.05) is 46.6 Å². The van der Waals surface area contributed by atoms with Gasteiger partial charge in [-0.15, -0.1) is 0 Å². The van der Waals surface area contributed by atoms with E-state index < -0.39 is 33.2 Å². The Bertz CT molecular complexity index is 986. The van der Waals surface area contributed by atoms with Gasteiger partial charge in [-0.05, 0) is 30.3 Å². The summed E-state index contributed by atoms with van der Waals surface area (Å²) in [6.07, 6.45) is -1.03. The molecule has 8 nitrogen and oxygen atoms in total. The maximum Gasteiger partial charge on any atom is 0.411 e. The van der Waals surface area contributed by atoms with Crippen molar-refractivity contribution in [3.05, 3.63) is 57.9 Å². The van der Waals surface area contributed by atoms with E-state index in [2.05, 4.69) is 14.8 Å². The highest BCUT2D eigenvalue weighted by Crippen LogP contribution is 2.36. The molecule has 0 aliphatic heterocycles. The van der Waals surface area contributed by atoms with Crippen LogP contribution in [0.5, 0.6) is 0 Å². The van der Waals surface area contributed by atoms with Crippen LogP contribution >= 0.6 is 46.6 Å². The van der Waals surface area contributed by atoms with Crippen LogP contribution in [0.2, 0.25) is 0 Å².